The summed E-state index contributed by atoms with van der Waals surface area (Å²) in [5.41, 5.74) is 0. The van der Waals surface area contributed by atoms with Gasteiger partial charge in [0.15, 0.2) is 0 Å². The molecular weight excluding hydrogens is 174 g/mol. The van der Waals surface area contributed by atoms with Crippen molar-refractivity contribution in [3.8, 4) is 0 Å². The zero-order chi connectivity index (χ0) is 10.6. The lowest BCUT2D eigenvalue weighted by Gasteiger charge is -2.30. The van der Waals surface area contributed by atoms with Crippen molar-refractivity contribution in [3.05, 3.63) is 0 Å². The van der Waals surface area contributed by atoms with Gasteiger partial charge in [0.2, 0.25) is 5.91 Å². The number of rotatable bonds is 3. The number of carbonyl (C=O) groups is 1. The molecule has 1 rings (SSSR count). The van der Waals surface area contributed by atoms with Crippen molar-refractivity contribution < 1.29 is 4.79 Å². The van der Waals surface area contributed by atoms with Crippen LogP contribution in [0.2, 0.25) is 0 Å². The first kappa shape index (κ1) is 11.5. The summed E-state index contributed by atoms with van der Waals surface area (Å²) in [5, 5.41) is 2.92. The van der Waals surface area contributed by atoms with Crippen molar-refractivity contribution in [1.82, 2.24) is 5.32 Å². The molecule has 0 aromatic carbocycles. The Kier molecular flexibility index (Phi) is 4.43. The van der Waals surface area contributed by atoms with E-state index < -0.39 is 0 Å². The summed E-state index contributed by atoms with van der Waals surface area (Å²) in [5.74, 6) is 2.59. The summed E-state index contributed by atoms with van der Waals surface area (Å²) in [7, 11) is 0. The predicted octanol–water partition coefficient (Wildman–Crippen LogP) is 2.58. The quantitative estimate of drug-likeness (QED) is 0.740. The van der Waals surface area contributed by atoms with Gasteiger partial charge in [0.1, 0.15) is 0 Å². The summed E-state index contributed by atoms with van der Waals surface area (Å²) in [6.07, 6.45) is 5.29. The number of hydrogen-bond donors (Lipinski definition) is 1. The lowest BCUT2D eigenvalue weighted by atomic mass is 9.77. The molecule has 0 heterocycles. The average Bonchev–Trinajstić information content (AvgIpc) is 2.15. The predicted molar refractivity (Wildman–Crippen MR) is 59.0 cm³/mol. The van der Waals surface area contributed by atoms with Crippen LogP contribution in [0, 0.1) is 17.8 Å². The molecule has 1 aliphatic carbocycles. The molecule has 0 spiro atoms. The third-order valence-electron chi connectivity index (χ3n) is 3.47. The van der Waals surface area contributed by atoms with Gasteiger partial charge in [0.05, 0.1) is 0 Å². The molecule has 14 heavy (non-hydrogen) atoms. The zero-order valence-electron chi connectivity index (χ0n) is 9.68. The fraction of sp³-hybridized carbons (Fsp3) is 0.917. The Bertz CT molecular complexity index is 181. The van der Waals surface area contributed by atoms with Crippen LogP contribution in [0.1, 0.15) is 46.5 Å². The van der Waals surface area contributed by atoms with Gasteiger partial charge in [-0.25, -0.2) is 0 Å². The molecule has 1 saturated carbocycles. The lowest BCUT2D eigenvalue weighted by molar-refractivity contribution is -0.119. The summed E-state index contributed by atoms with van der Waals surface area (Å²) >= 11 is 0. The van der Waals surface area contributed by atoms with Gasteiger partial charge in [-0.15, -0.1) is 0 Å². The van der Waals surface area contributed by atoms with Crippen molar-refractivity contribution in [2.24, 2.45) is 17.8 Å². The van der Waals surface area contributed by atoms with Crippen LogP contribution >= 0.6 is 0 Å². The highest BCUT2D eigenvalue weighted by molar-refractivity contribution is 5.72. The monoisotopic (exact) mass is 197 g/mol. The van der Waals surface area contributed by atoms with Crippen molar-refractivity contribution in [3.63, 3.8) is 0 Å². The maximum atomic E-state index is 10.7. The summed E-state index contributed by atoms with van der Waals surface area (Å²) in [6, 6.07) is 0. The summed E-state index contributed by atoms with van der Waals surface area (Å²) in [6.45, 7) is 7.12. The van der Waals surface area contributed by atoms with E-state index in [1.54, 1.807) is 6.92 Å². The van der Waals surface area contributed by atoms with Crippen LogP contribution in [0.25, 0.3) is 0 Å². The fourth-order valence-corrected chi connectivity index (χ4v) is 2.35. The molecule has 2 nitrogen and oxygen atoms in total. The van der Waals surface area contributed by atoms with Crippen LogP contribution in [-0.2, 0) is 4.79 Å². The molecule has 2 heteroatoms. The number of hydrogen-bond acceptors (Lipinski definition) is 1. The third kappa shape index (κ3) is 3.69. The molecule has 0 unspecified atom stereocenters. The van der Waals surface area contributed by atoms with Crippen molar-refractivity contribution in [2.45, 2.75) is 46.5 Å². The number of carbonyl (C=O) groups excluding carboxylic acids is 1. The van der Waals surface area contributed by atoms with Crippen molar-refractivity contribution in [1.29, 1.82) is 0 Å². The highest BCUT2D eigenvalue weighted by Gasteiger charge is 2.22. The van der Waals surface area contributed by atoms with E-state index in [2.05, 4.69) is 19.2 Å². The smallest absolute Gasteiger partial charge is 0.216 e. The fourth-order valence-electron chi connectivity index (χ4n) is 2.35. The summed E-state index contributed by atoms with van der Waals surface area (Å²) in [4.78, 5) is 10.7. The minimum atomic E-state index is 0.107. The van der Waals surface area contributed by atoms with E-state index in [0.29, 0.717) is 0 Å². The highest BCUT2D eigenvalue weighted by atomic mass is 16.1. The van der Waals surface area contributed by atoms with E-state index in [0.717, 1.165) is 24.3 Å². The maximum absolute atomic E-state index is 10.7. The molecule has 0 aliphatic heterocycles. The van der Waals surface area contributed by atoms with E-state index in [1.165, 1.54) is 25.7 Å². The molecule has 1 fully saturated rings. The van der Waals surface area contributed by atoms with Gasteiger partial charge in [-0.1, -0.05) is 13.8 Å². The van der Waals surface area contributed by atoms with Gasteiger partial charge in [-0.05, 0) is 43.4 Å². The van der Waals surface area contributed by atoms with E-state index in [4.69, 9.17) is 0 Å². The molecule has 1 aliphatic rings. The topological polar surface area (TPSA) is 29.1 Å². The van der Waals surface area contributed by atoms with Crippen LogP contribution in [0.4, 0.5) is 0 Å². The second-order valence-corrected chi connectivity index (χ2v) is 4.96. The first-order valence-electron chi connectivity index (χ1n) is 5.84. The molecule has 0 radical (unpaired) electrons. The molecule has 82 valence electrons. The minimum Gasteiger partial charge on any atom is -0.356 e. The molecule has 1 N–H and O–H groups in total. The number of amides is 1. The van der Waals surface area contributed by atoms with Gasteiger partial charge in [-0.2, -0.15) is 0 Å². The van der Waals surface area contributed by atoms with Gasteiger partial charge < -0.3 is 5.32 Å². The first-order valence-corrected chi connectivity index (χ1v) is 5.84. The molecule has 0 bridgehead atoms. The second-order valence-electron chi connectivity index (χ2n) is 4.96. The Morgan fingerprint density at radius 1 is 1.29 bits per heavy atom. The zero-order valence-corrected chi connectivity index (χ0v) is 9.68. The Morgan fingerprint density at radius 3 is 2.29 bits per heavy atom. The Morgan fingerprint density at radius 2 is 1.86 bits per heavy atom. The van der Waals surface area contributed by atoms with Crippen molar-refractivity contribution >= 4 is 5.91 Å². The van der Waals surface area contributed by atoms with Gasteiger partial charge in [-0.3, -0.25) is 4.79 Å². The minimum absolute atomic E-state index is 0.107. The molecule has 1 amide bonds. The molecular formula is C12H23NO. The van der Waals surface area contributed by atoms with Gasteiger partial charge in [0.25, 0.3) is 0 Å². The lowest BCUT2D eigenvalue weighted by Crippen LogP contribution is -2.30. The van der Waals surface area contributed by atoms with E-state index in [-0.39, 0.29) is 5.91 Å². The maximum Gasteiger partial charge on any atom is 0.216 e. The molecule has 0 aromatic rings. The van der Waals surface area contributed by atoms with Gasteiger partial charge in [0, 0.05) is 13.5 Å². The van der Waals surface area contributed by atoms with E-state index >= 15 is 0 Å². The largest absolute Gasteiger partial charge is 0.356 e. The average molecular weight is 197 g/mol. The summed E-state index contributed by atoms with van der Waals surface area (Å²) < 4.78 is 0. The van der Waals surface area contributed by atoms with Crippen molar-refractivity contribution in [2.75, 3.05) is 6.54 Å². The van der Waals surface area contributed by atoms with Crippen LogP contribution in [0.15, 0.2) is 0 Å². The normalized spacial score (nSPS) is 27.7. The Balaban J connectivity index is 2.19. The van der Waals surface area contributed by atoms with Crippen LogP contribution < -0.4 is 5.32 Å². The van der Waals surface area contributed by atoms with E-state index in [1.807, 2.05) is 0 Å². The van der Waals surface area contributed by atoms with E-state index in [9.17, 15) is 4.79 Å². The highest BCUT2D eigenvalue weighted by Crippen LogP contribution is 2.32. The number of nitrogens with one attached hydrogen (secondary N) is 1. The Hall–Kier alpha value is -0.530. The molecule has 0 atom stereocenters. The SMILES string of the molecule is CC(=O)NCC1CCC(C(C)C)CC1. The van der Waals surface area contributed by atoms with Crippen LogP contribution in [-0.4, -0.2) is 12.5 Å². The van der Waals surface area contributed by atoms with Crippen LogP contribution in [0.3, 0.4) is 0 Å². The first-order chi connectivity index (χ1) is 6.59. The molecule has 0 saturated heterocycles. The standard InChI is InChI=1S/C12H23NO/c1-9(2)12-6-4-11(5-7-12)8-13-10(3)14/h9,11-12H,4-8H2,1-3H3,(H,13,14). The second kappa shape index (κ2) is 5.38. The Labute approximate surface area is 87.5 Å². The van der Waals surface area contributed by atoms with Crippen LogP contribution in [0.5, 0.6) is 0 Å². The third-order valence-corrected chi connectivity index (χ3v) is 3.47. The van der Waals surface area contributed by atoms with Gasteiger partial charge >= 0.3 is 0 Å². The molecule has 0 aromatic heterocycles.